The lowest BCUT2D eigenvalue weighted by molar-refractivity contribution is 0.0299. The predicted molar refractivity (Wildman–Crippen MR) is 116 cm³/mol. The molecule has 0 bridgehead atoms. The van der Waals surface area contributed by atoms with E-state index >= 15 is 0 Å². The van der Waals surface area contributed by atoms with Crippen molar-refractivity contribution in [2.45, 2.75) is 13.1 Å². The number of hydrogen-bond acceptors (Lipinski definition) is 7. The third-order valence-electron chi connectivity index (χ3n) is 5.56. The average Bonchev–Trinajstić information content (AvgIpc) is 3.27. The number of morpholine rings is 2. The molecular formula is C22H29ClN4O4. The van der Waals surface area contributed by atoms with Crippen molar-refractivity contribution < 1.29 is 18.7 Å². The number of carbonyl (C=O) groups is 1. The molecule has 0 radical (unpaired) electrons. The lowest BCUT2D eigenvalue weighted by Gasteiger charge is -2.29. The average molecular weight is 449 g/mol. The summed E-state index contributed by atoms with van der Waals surface area (Å²) in [5.74, 6) is 0.439. The number of amides is 1. The fraction of sp³-hybridized carbons (Fsp3) is 0.545. The summed E-state index contributed by atoms with van der Waals surface area (Å²) < 4.78 is 16.4. The molecule has 9 heteroatoms. The number of ether oxygens (including phenoxy) is 2. The molecule has 0 spiro atoms. The van der Waals surface area contributed by atoms with Gasteiger partial charge in [0.15, 0.2) is 5.69 Å². The number of hydrogen-bond donors (Lipinski definition) is 0. The standard InChI is InChI=1S/C22H29ClN4O4/c23-19-3-1-2-18(14-19)15-26(5-4-25-6-10-29-11-7-25)16-21-24-20(17-31-21)22(28)27-8-12-30-13-9-27/h1-3,14,17H,4-13,15-16H2. The Labute approximate surface area is 187 Å². The molecule has 0 unspecified atom stereocenters. The van der Waals surface area contributed by atoms with E-state index in [1.54, 1.807) is 4.90 Å². The highest BCUT2D eigenvalue weighted by molar-refractivity contribution is 6.30. The van der Waals surface area contributed by atoms with E-state index < -0.39 is 0 Å². The molecule has 2 aliphatic heterocycles. The van der Waals surface area contributed by atoms with Gasteiger partial charge < -0.3 is 18.8 Å². The van der Waals surface area contributed by atoms with Gasteiger partial charge in [0.05, 0.1) is 33.0 Å². The van der Waals surface area contributed by atoms with Crippen LogP contribution < -0.4 is 0 Å². The molecule has 2 aromatic rings. The number of aromatic nitrogens is 1. The van der Waals surface area contributed by atoms with Gasteiger partial charge in [-0.3, -0.25) is 14.6 Å². The van der Waals surface area contributed by atoms with E-state index in [-0.39, 0.29) is 5.91 Å². The molecule has 0 aliphatic carbocycles. The van der Waals surface area contributed by atoms with Gasteiger partial charge in [0.1, 0.15) is 6.26 Å². The molecule has 0 N–H and O–H groups in total. The zero-order chi connectivity index (χ0) is 21.5. The van der Waals surface area contributed by atoms with Crippen LogP contribution in [-0.4, -0.2) is 91.3 Å². The van der Waals surface area contributed by atoms with Gasteiger partial charge in [-0.15, -0.1) is 0 Å². The van der Waals surface area contributed by atoms with Crippen molar-refractivity contribution in [3.8, 4) is 0 Å². The third kappa shape index (κ3) is 6.51. The third-order valence-corrected chi connectivity index (χ3v) is 5.79. The number of halogens is 1. The Morgan fingerprint density at radius 2 is 1.81 bits per heavy atom. The maximum Gasteiger partial charge on any atom is 0.275 e. The van der Waals surface area contributed by atoms with E-state index in [1.165, 1.54) is 6.26 Å². The molecule has 168 valence electrons. The Morgan fingerprint density at radius 3 is 2.55 bits per heavy atom. The fourth-order valence-electron chi connectivity index (χ4n) is 3.82. The molecule has 1 aromatic heterocycles. The van der Waals surface area contributed by atoms with Gasteiger partial charge in [-0.2, -0.15) is 0 Å². The van der Waals surface area contributed by atoms with Gasteiger partial charge in [0, 0.05) is 50.8 Å². The molecule has 3 heterocycles. The number of rotatable bonds is 8. The Morgan fingerprint density at radius 1 is 1.06 bits per heavy atom. The molecule has 2 saturated heterocycles. The monoisotopic (exact) mass is 448 g/mol. The highest BCUT2D eigenvalue weighted by atomic mass is 35.5. The van der Waals surface area contributed by atoms with E-state index in [4.69, 9.17) is 25.5 Å². The van der Waals surface area contributed by atoms with Crippen LogP contribution in [0.15, 0.2) is 34.9 Å². The van der Waals surface area contributed by atoms with Crippen molar-refractivity contribution in [2.75, 3.05) is 65.7 Å². The minimum absolute atomic E-state index is 0.104. The van der Waals surface area contributed by atoms with E-state index in [9.17, 15) is 4.79 Å². The first kappa shape index (κ1) is 22.2. The molecule has 31 heavy (non-hydrogen) atoms. The molecule has 1 aromatic carbocycles. The van der Waals surface area contributed by atoms with Crippen LogP contribution in [0.3, 0.4) is 0 Å². The Kier molecular flexibility index (Phi) is 7.93. The number of carbonyl (C=O) groups excluding carboxylic acids is 1. The summed E-state index contributed by atoms with van der Waals surface area (Å²) in [7, 11) is 0. The highest BCUT2D eigenvalue weighted by Gasteiger charge is 2.22. The molecular weight excluding hydrogens is 420 g/mol. The van der Waals surface area contributed by atoms with Crippen molar-refractivity contribution in [3.05, 3.63) is 52.7 Å². The first-order valence-electron chi connectivity index (χ1n) is 10.8. The van der Waals surface area contributed by atoms with Crippen LogP contribution in [0.25, 0.3) is 0 Å². The van der Waals surface area contributed by atoms with Crippen LogP contribution in [0.5, 0.6) is 0 Å². The van der Waals surface area contributed by atoms with Crippen LogP contribution in [0.4, 0.5) is 0 Å². The lowest BCUT2D eigenvalue weighted by Crippen LogP contribution is -2.41. The Hall–Kier alpha value is -1.97. The summed E-state index contributed by atoms with van der Waals surface area (Å²) in [5, 5.41) is 0.722. The summed E-state index contributed by atoms with van der Waals surface area (Å²) in [6, 6.07) is 7.88. The largest absolute Gasteiger partial charge is 0.447 e. The molecule has 8 nitrogen and oxygen atoms in total. The van der Waals surface area contributed by atoms with Crippen LogP contribution in [0.1, 0.15) is 21.9 Å². The van der Waals surface area contributed by atoms with Crippen molar-refractivity contribution in [2.24, 2.45) is 0 Å². The number of oxazole rings is 1. The maximum absolute atomic E-state index is 12.7. The van der Waals surface area contributed by atoms with E-state index in [0.717, 1.165) is 56.5 Å². The van der Waals surface area contributed by atoms with Crippen molar-refractivity contribution in [1.29, 1.82) is 0 Å². The van der Waals surface area contributed by atoms with E-state index in [2.05, 4.69) is 20.9 Å². The maximum atomic E-state index is 12.7. The molecule has 2 fully saturated rings. The van der Waals surface area contributed by atoms with Crippen molar-refractivity contribution in [3.63, 3.8) is 0 Å². The van der Waals surface area contributed by atoms with Gasteiger partial charge in [-0.25, -0.2) is 4.98 Å². The number of benzene rings is 1. The van der Waals surface area contributed by atoms with Gasteiger partial charge in [-0.05, 0) is 17.7 Å². The molecule has 1 amide bonds. The Balaban J connectivity index is 1.40. The topological polar surface area (TPSA) is 71.3 Å². The Bertz CT molecular complexity index is 850. The van der Waals surface area contributed by atoms with Crippen LogP contribution in [0.2, 0.25) is 5.02 Å². The normalized spacial score (nSPS) is 17.9. The summed E-state index contributed by atoms with van der Waals surface area (Å²) in [4.78, 5) is 23.6. The van der Waals surface area contributed by atoms with Gasteiger partial charge in [-0.1, -0.05) is 23.7 Å². The second-order valence-electron chi connectivity index (χ2n) is 7.83. The second kappa shape index (κ2) is 11.1. The summed E-state index contributed by atoms with van der Waals surface area (Å²) in [6.07, 6.45) is 1.46. The molecule has 2 aliphatic rings. The van der Waals surface area contributed by atoms with E-state index in [1.807, 2.05) is 18.2 Å². The van der Waals surface area contributed by atoms with Crippen LogP contribution >= 0.6 is 11.6 Å². The van der Waals surface area contributed by atoms with Gasteiger partial charge >= 0.3 is 0 Å². The predicted octanol–water partition coefficient (Wildman–Crippen LogP) is 2.13. The number of nitrogens with zero attached hydrogens (tertiary/aromatic N) is 4. The summed E-state index contributed by atoms with van der Waals surface area (Å²) in [5.41, 5.74) is 1.48. The van der Waals surface area contributed by atoms with Crippen LogP contribution in [-0.2, 0) is 22.6 Å². The SMILES string of the molecule is O=C(c1coc(CN(CCN2CCOCC2)Cc2cccc(Cl)c2)n1)N1CCOCC1. The smallest absolute Gasteiger partial charge is 0.275 e. The summed E-state index contributed by atoms with van der Waals surface area (Å²) >= 11 is 6.18. The zero-order valence-corrected chi connectivity index (χ0v) is 18.4. The lowest BCUT2D eigenvalue weighted by atomic mass is 10.2. The van der Waals surface area contributed by atoms with Crippen molar-refractivity contribution in [1.82, 2.24) is 19.7 Å². The highest BCUT2D eigenvalue weighted by Crippen LogP contribution is 2.16. The minimum atomic E-state index is -0.104. The second-order valence-corrected chi connectivity index (χ2v) is 8.26. The first-order valence-corrected chi connectivity index (χ1v) is 11.1. The van der Waals surface area contributed by atoms with E-state index in [0.29, 0.717) is 44.4 Å². The fourth-order valence-corrected chi connectivity index (χ4v) is 4.03. The molecule has 0 atom stereocenters. The van der Waals surface area contributed by atoms with Gasteiger partial charge in [0.2, 0.25) is 5.89 Å². The minimum Gasteiger partial charge on any atom is -0.447 e. The quantitative estimate of drug-likeness (QED) is 0.612. The van der Waals surface area contributed by atoms with Gasteiger partial charge in [0.25, 0.3) is 5.91 Å². The van der Waals surface area contributed by atoms with Crippen LogP contribution in [0, 0.1) is 0 Å². The van der Waals surface area contributed by atoms with Crippen molar-refractivity contribution >= 4 is 17.5 Å². The summed E-state index contributed by atoms with van der Waals surface area (Å²) in [6.45, 7) is 8.77. The first-order chi connectivity index (χ1) is 15.2. The zero-order valence-electron chi connectivity index (χ0n) is 17.7. The molecule has 0 saturated carbocycles. The molecule has 4 rings (SSSR count).